The molecule has 0 aliphatic rings. The monoisotopic (exact) mass is 315 g/mol. The van der Waals surface area contributed by atoms with E-state index >= 15 is 0 Å². The van der Waals surface area contributed by atoms with Crippen molar-refractivity contribution in [3.05, 3.63) is 58.3 Å². The molecule has 19 heavy (non-hydrogen) atoms. The van der Waals surface area contributed by atoms with Crippen LogP contribution in [0.25, 0.3) is 0 Å². The summed E-state index contributed by atoms with van der Waals surface area (Å²) in [7, 11) is 2.00. The Morgan fingerprint density at radius 1 is 1.26 bits per heavy atom. The Balaban J connectivity index is 2.11. The van der Waals surface area contributed by atoms with Gasteiger partial charge in [-0.2, -0.15) is 5.26 Å². The molecule has 0 atom stereocenters. The van der Waals surface area contributed by atoms with E-state index in [4.69, 9.17) is 0 Å². The van der Waals surface area contributed by atoms with E-state index < -0.39 is 0 Å². The summed E-state index contributed by atoms with van der Waals surface area (Å²) in [4.78, 5) is 6.11. The zero-order valence-corrected chi connectivity index (χ0v) is 12.3. The number of anilines is 1. The Morgan fingerprint density at radius 3 is 2.68 bits per heavy atom. The number of nitriles is 1. The van der Waals surface area contributed by atoms with Crippen LogP contribution >= 0.6 is 15.9 Å². The molecule has 0 unspecified atom stereocenters. The number of nitrogens with zero attached hydrogens (tertiary/aromatic N) is 3. The van der Waals surface area contributed by atoms with Gasteiger partial charge < -0.3 is 4.90 Å². The van der Waals surface area contributed by atoms with Gasteiger partial charge in [-0.3, -0.25) is 4.98 Å². The van der Waals surface area contributed by atoms with E-state index in [0.717, 1.165) is 23.1 Å². The van der Waals surface area contributed by atoms with Crippen molar-refractivity contribution in [3.8, 4) is 6.07 Å². The summed E-state index contributed by atoms with van der Waals surface area (Å²) in [6.07, 6.45) is 4.53. The van der Waals surface area contributed by atoms with Gasteiger partial charge in [0.25, 0.3) is 0 Å². The zero-order valence-electron chi connectivity index (χ0n) is 10.7. The fraction of sp³-hybridized carbons (Fsp3) is 0.200. The summed E-state index contributed by atoms with van der Waals surface area (Å²) in [5.74, 6) is 0. The van der Waals surface area contributed by atoms with Crippen molar-refractivity contribution in [1.29, 1.82) is 5.26 Å². The van der Waals surface area contributed by atoms with Gasteiger partial charge in [-0.1, -0.05) is 6.07 Å². The Kier molecular flexibility index (Phi) is 4.53. The van der Waals surface area contributed by atoms with Crippen molar-refractivity contribution in [2.24, 2.45) is 0 Å². The number of aromatic nitrogens is 1. The molecular weight excluding hydrogens is 302 g/mol. The fourth-order valence-corrected chi connectivity index (χ4v) is 2.35. The minimum Gasteiger partial charge on any atom is -0.373 e. The lowest BCUT2D eigenvalue weighted by atomic mass is 10.1. The van der Waals surface area contributed by atoms with E-state index in [0.29, 0.717) is 5.56 Å². The fourth-order valence-electron chi connectivity index (χ4n) is 1.91. The molecule has 0 bridgehead atoms. The first-order valence-electron chi connectivity index (χ1n) is 6.01. The molecule has 1 aromatic heterocycles. The second-order valence-electron chi connectivity index (χ2n) is 4.27. The highest BCUT2D eigenvalue weighted by Gasteiger charge is 2.09. The minimum absolute atomic E-state index is 0.680. The van der Waals surface area contributed by atoms with Crippen LogP contribution < -0.4 is 4.90 Å². The highest BCUT2D eigenvalue weighted by atomic mass is 79.9. The Hall–Kier alpha value is -1.86. The summed E-state index contributed by atoms with van der Waals surface area (Å²) in [5, 5.41) is 9.22. The van der Waals surface area contributed by atoms with E-state index in [2.05, 4.69) is 31.9 Å². The van der Waals surface area contributed by atoms with Crippen molar-refractivity contribution in [1.82, 2.24) is 4.98 Å². The average Bonchev–Trinajstić information content (AvgIpc) is 2.45. The lowest BCUT2D eigenvalue weighted by Crippen LogP contribution is -2.21. The number of pyridine rings is 1. The Morgan fingerprint density at radius 2 is 2.00 bits per heavy atom. The van der Waals surface area contributed by atoms with Crippen LogP contribution in [0.1, 0.15) is 11.1 Å². The van der Waals surface area contributed by atoms with E-state index in [1.54, 1.807) is 12.4 Å². The van der Waals surface area contributed by atoms with Gasteiger partial charge >= 0.3 is 0 Å². The standard InChI is InChI=1S/C15H14BrN3/c1-19(10-7-12-5-8-18-9-6-12)15-4-2-3-14(16)13(15)11-17/h2-6,8-9H,7,10H2,1H3. The molecule has 0 aliphatic heterocycles. The molecule has 0 aliphatic carbocycles. The van der Waals surface area contributed by atoms with E-state index in [9.17, 15) is 5.26 Å². The van der Waals surface area contributed by atoms with E-state index in [1.807, 2.05) is 37.4 Å². The predicted octanol–water partition coefficient (Wildman–Crippen LogP) is 3.39. The molecule has 2 rings (SSSR count). The molecular formula is C15H14BrN3. The van der Waals surface area contributed by atoms with Gasteiger partial charge in [-0.05, 0) is 52.2 Å². The van der Waals surface area contributed by atoms with Crippen molar-refractivity contribution in [2.45, 2.75) is 6.42 Å². The maximum Gasteiger partial charge on any atom is 0.103 e. The van der Waals surface area contributed by atoms with E-state index in [-0.39, 0.29) is 0 Å². The topological polar surface area (TPSA) is 39.9 Å². The molecule has 0 saturated carbocycles. The third kappa shape index (κ3) is 3.33. The molecule has 0 radical (unpaired) electrons. The van der Waals surface area contributed by atoms with Crippen molar-refractivity contribution in [3.63, 3.8) is 0 Å². The number of rotatable bonds is 4. The Labute approximate surface area is 121 Å². The van der Waals surface area contributed by atoms with E-state index in [1.165, 1.54) is 5.56 Å². The van der Waals surface area contributed by atoms with Crippen LogP contribution in [0, 0.1) is 11.3 Å². The lowest BCUT2D eigenvalue weighted by Gasteiger charge is -2.21. The third-order valence-corrected chi connectivity index (χ3v) is 3.66. The van der Waals surface area contributed by atoms with Crippen LogP contribution in [0.5, 0.6) is 0 Å². The number of halogens is 1. The Bertz CT molecular complexity index is 590. The molecule has 1 heterocycles. The van der Waals surface area contributed by atoms with Crippen LogP contribution in [0.2, 0.25) is 0 Å². The third-order valence-electron chi connectivity index (χ3n) is 3.00. The molecule has 4 heteroatoms. The average molecular weight is 316 g/mol. The molecule has 1 aromatic carbocycles. The van der Waals surface area contributed by atoms with Crippen LogP contribution in [-0.2, 0) is 6.42 Å². The maximum atomic E-state index is 9.22. The molecule has 3 nitrogen and oxygen atoms in total. The number of likely N-dealkylation sites (N-methyl/N-ethyl adjacent to an activating group) is 1. The SMILES string of the molecule is CN(CCc1ccncc1)c1cccc(Br)c1C#N. The molecule has 0 N–H and O–H groups in total. The van der Waals surface area contributed by atoms with Gasteiger partial charge in [0.15, 0.2) is 0 Å². The van der Waals surface area contributed by atoms with Crippen LogP contribution in [-0.4, -0.2) is 18.6 Å². The molecule has 96 valence electrons. The molecule has 0 saturated heterocycles. The van der Waals surface area contributed by atoms with Gasteiger partial charge in [-0.25, -0.2) is 0 Å². The van der Waals surface area contributed by atoms with Gasteiger partial charge in [0, 0.05) is 30.5 Å². The first kappa shape index (κ1) is 13.6. The summed E-state index contributed by atoms with van der Waals surface area (Å²) in [6.45, 7) is 0.856. The molecule has 0 spiro atoms. The van der Waals surface area contributed by atoms with Crippen LogP contribution in [0.4, 0.5) is 5.69 Å². The first-order chi connectivity index (χ1) is 9.22. The normalized spacial score (nSPS) is 9.95. The first-order valence-corrected chi connectivity index (χ1v) is 6.80. The van der Waals surface area contributed by atoms with Gasteiger partial charge in [0.1, 0.15) is 6.07 Å². The van der Waals surface area contributed by atoms with Crippen molar-refractivity contribution < 1.29 is 0 Å². The van der Waals surface area contributed by atoms with Gasteiger partial charge in [-0.15, -0.1) is 0 Å². The predicted molar refractivity (Wildman–Crippen MR) is 80.1 cm³/mol. The lowest BCUT2D eigenvalue weighted by molar-refractivity contribution is 0.873. The largest absolute Gasteiger partial charge is 0.373 e. The van der Waals surface area contributed by atoms with Gasteiger partial charge in [0.05, 0.1) is 11.3 Å². The van der Waals surface area contributed by atoms with Crippen molar-refractivity contribution in [2.75, 3.05) is 18.5 Å². The zero-order chi connectivity index (χ0) is 13.7. The number of hydrogen-bond donors (Lipinski definition) is 0. The minimum atomic E-state index is 0.680. The molecule has 0 amide bonds. The second kappa shape index (κ2) is 6.35. The quantitative estimate of drug-likeness (QED) is 0.868. The summed E-state index contributed by atoms with van der Waals surface area (Å²) >= 11 is 3.41. The summed E-state index contributed by atoms with van der Waals surface area (Å²) < 4.78 is 0.836. The van der Waals surface area contributed by atoms with Crippen LogP contribution in [0.15, 0.2) is 47.2 Å². The van der Waals surface area contributed by atoms with Crippen molar-refractivity contribution >= 4 is 21.6 Å². The highest BCUT2D eigenvalue weighted by Crippen LogP contribution is 2.26. The maximum absolute atomic E-state index is 9.22. The van der Waals surface area contributed by atoms with Crippen LogP contribution in [0.3, 0.4) is 0 Å². The summed E-state index contributed by atoms with van der Waals surface area (Å²) in [6, 6.07) is 12.1. The summed E-state index contributed by atoms with van der Waals surface area (Å²) in [5.41, 5.74) is 2.88. The second-order valence-corrected chi connectivity index (χ2v) is 5.13. The number of hydrogen-bond acceptors (Lipinski definition) is 3. The number of benzene rings is 1. The highest BCUT2D eigenvalue weighted by molar-refractivity contribution is 9.10. The molecule has 2 aromatic rings. The molecule has 0 fully saturated rings. The smallest absolute Gasteiger partial charge is 0.103 e. The van der Waals surface area contributed by atoms with Gasteiger partial charge in [0.2, 0.25) is 0 Å².